The molecule has 9 heteroatoms. The highest BCUT2D eigenvalue weighted by atomic mass is 32.2. The Bertz CT molecular complexity index is 1130. The molecular weight excluding hydrogens is 456 g/mol. The van der Waals surface area contributed by atoms with Crippen LogP contribution in [0, 0.1) is 0 Å². The van der Waals surface area contributed by atoms with Crippen LogP contribution in [0.4, 0.5) is 5.69 Å². The number of carbonyl (C=O) groups excluding carboxylic acids is 1. The molecule has 174 valence electrons. The van der Waals surface area contributed by atoms with Gasteiger partial charge in [0.25, 0.3) is 5.91 Å². The number of amidine groups is 1. The van der Waals surface area contributed by atoms with Crippen LogP contribution in [0.5, 0.6) is 0 Å². The zero-order valence-corrected chi connectivity index (χ0v) is 19.9. The van der Waals surface area contributed by atoms with Crippen LogP contribution >= 0.6 is 11.8 Å². The van der Waals surface area contributed by atoms with E-state index in [0.29, 0.717) is 5.56 Å². The molecule has 3 aliphatic rings. The van der Waals surface area contributed by atoms with Crippen molar-refractivity contribution in [2.45, 2.75) is 36.7 Å². The van der Waals surface area contributed by atoms with Crippen molar-refractivity contribution in [2.24, 2.45) is 4.99 Å². The van der Waals surface area contributed by atoms with Gasteiger partial charge in [0, 0.05) is 42.2 Å². The van der Waals surface area contributed by atoms with Crippen molar-refractivity contribution in [3.8, 4) is 0 Å². The highest BCUT2D eigenvalue weighted by molar-refractivity contribution is 8.15. The Labute approximate surface area is 199 Å². The highest BCUT2D eigenvalue weighted by Crippen LogP contribution is 2.34. The fourth-order valence-electron chi connectivity index (χ4n) is 4.59. The number of anilines is 1. The Morgan fingerprint density at radius 2 is 1.76 bits per heavy atom. The standard InChI is InChI=1S/C24H28N4O3S2/c29-23(25-20-10-12-28(13-11-20)14-17-4-2-1-3-5-17)18-6-8-19(9-7-18)26-24-27-21-15-33(30,31)16-22(21)32-24/h1-9,20-22H,10-16H2,(H,25,29)(H,26,27). The zero-order valence-electron chi connectivity index (χ0n) is 18.3. The van der Waals surface area contributed by atoms with Gasteiger partial charge in [-0.25, -0.2) is 8.42 Å². The van der Waals surface area contributed by atoms with E-state index in [-0.39, 0.29) is 34.7 Å². The molecule has 3 heterocycles. The Morgan fingerprint density at radius 3 is 2.45 bits per heavy atom. The summed E-state index contributed by atoms with van der Waals surface area (Å²) in [5.41, 5.74) is 2.80. The average Bonchev–Trinajstić information content (AvgIpc) is 3.28. The quantitative estimate of drug-likeness (QED) is 0.678. The molecule has 0 radical (unpaired) electrons. The maximum Gasteiger partial charge on any atom is 0.251 e. The minimum atomic E-state index is -2.95. The first-order valence-corrected chi connectivity index (χ1v) is 14.0. The number of carbonyl (C=O) groups is 1. The monoisotopic (exact) mass is 484 g/mol. The molecule has 0 spiro atoms. The SMILES string of the molecule is O=C(NC1CCN(Cc2ccccc2)CC1)c1ccc(NC2=NC3CS(=O)(=O)CC3S2)cc1. The molecule has 2 unspecified atom stereocenters. The first-order chi connectivity index (χ1) is 15.9. The van der Waals surface area contributed by atoms with Gasteiger partial charge < -0.3 is 10.6 Å². The van der Waals surface area contributed by atoms with Gasteiger partial charge in [0.15, 0.2) is 15.0 Å². The summed E-state index contributed by atoms with van der Waals surface area (Å²) in [4.78, 5) is 19.7. The van der Waals surface area contributed by atoms with Crippen LogP contribution in [0.1, 0.15) is 28.8 Å². The van der Waals surface area contributed by atoms with Crippen molar-refractivity contribution in [2.75, 3.05) is 29.9 Å². The Balaban J connectivity index is 1.09. The number of nitrogens with zero attached hydrogens (tertiary/aromatic N) is 2. The van der Waals surface area contributed by atoms with E-state index in [0.717, 1.165) is 43.3 Å². The summed E-state index contributed by atoms with van der Waals surface area (Å²) in [7, 11) is -2.95. The van der Waals surface area contributed by atoms with Gasteiger partial charge in [-0.15, -0.1) is 0 Å². The van der Waals surface area contributed by atoms with E-state index in [4.69, 9.17) is 0 Å². The van der Waals surface area contributed by atoms with Crippen molar-refractivity contribution in [3.63, 3.8) is 0 Å². The number of thioether (sulfide) groups is 1. The summed E-state index contributed by atoms with van der Waals surface area (Å²) < 4.78 is 23.4. The molecule has 1 amide bonds. The van der Waals surface area contributed by atoms with E-state index in [1.54, 1.807) is 0 Å². The Hall–Kier alpha value is -2.36. The molecule has 0 bridgehead atoms. The normalized spacial score (nSPS) is 24.8. The van der Waals surface area contributed by atoms with Gasteiger partial charge in [0.05, 0.1) is 17.5 Å². The molecule has 2 fully saturated rings. The first-order valence-electron chi connectivity index (χ1n) is 11.3. The summed E-state index contributed by atoms with van der Waals surface area (Å²) in [5, 5.41) is 7.19. The van der Waals surface area contributed by atoms with Crippen LogP contribution in [0.15, 0.2) is 59.6 Å². The van der Waals surface area contributed by atoms with Crippen LogP contribution in [0.2, 0.25) is 0 Å². The molecule has 7 nitrogen and oxygen atoms in total. The lowest BCUT2D eigenvalue weighted by molar-refractivity contribution is 0.0909. The number of nitrogens with one attached hydrogen (secondary N) is 2. The van der Waals surface area contributed by atoms with Crippen molar-refractivity contribution in [1.82, 2.24) is 10.2 Å². The van der Waals surface area contributed by atoms with E-state index >= 15 is 0 Å². The Kier molecular flexibility index (Phi) is 6.44. The summed E-state index contributed by atoms with van der Waals surface area (Å²) in [6, 6.07) is 17.9. The number of piperidine rings is 1. The zero-order chi connectivity index (χ0) is 22.8. The van der Waals surface area contributed by atoms with Crippen molar-refractivity contribution in [3.05, 3.63) is 65.7 Å². The van der Waals surface area contributed by atoms with Crippen molar-refractivity contribution >= 4 is 38.4 Å². The molecule has 2 N–H and O–H groups in total. The molecule has 0 saturated carbocycles. The van der Waals surface area contributed by atoms with Crippen LogP contribution in [-0.2, 0) is 16.4 Å². The third-order valence-corrected chi connectivity index (χ3v) is 9.53. The number of amides is 1. The maximum absolute atomic E-state index is 12.7. The summed E-state index contributed by atoms with van der Waals surface area (Å²) in [6.07, 6.45) is 1.90. The summed E-state index contributed by atoms with van der Waals surface area (Å²) in [5.74, 6) is 0.289. The second kappa shape index (κ2) is 9.48. The van der Waals surface area contributed by atoms with E-state index in [1.165, 1.54) is 17.3 Å². The number of aliphatic imine (C=N–C) groups is 1. The predicted molar refractivity (Wildman–Crippen MR) is 134 cm³/mol. The van der Waals surface area contributed by atoms with Crippen molar-refractivity contribution in [1.29, 1.82) is 0 Å². The lowest BCUT2D eigenvalue weighted by Crippen LogP contribution is -2.44. The number of sulfone groups is 1. The summed E-state index contributed by atoms with van der Waals surface area (Å²) in [6.45, 7) is 2.91. The molecule has 2 saturated heterocycles. The van der Waals surface area contributed by atoms with E-state index in [1.807, 2.05) is 30.3 Å². The molecule has 2 atom stereocenters. The summed E-state index contributed by atoms with van der Waals surface area (Å²) >= 11 is 1.49. The lowest BCUT2D eigenvalue weighted by Gasteiger charge is -2.32. The second-order valence-corrected chi connectivity index (χ2v) is 12.3. The molecule has 2 aromatic rings. The molecule has 2 aromatic carbocycles. The number of likely N-dealkylation sites (tertiary alicyclic amines) is 1. The number of fused-ring (bicyclic) bond motifs is 1. The lowest BCUT2D eigenvalue weighted by atomic mass is 10.0. The first kappa shape index (κ1) is 22.4. The van der Waals surface area contributed by atoms with Crippen molar-refractivity contribution < 1.29 is 13.2 Å². The van der Waals surface area contributed by atoms with E-state index < -0.39 is 9.84 Å². The Morgan fingerprint density at radius 1 is 1.03 bits per heavy atom. The molecule has 0 aliphatic carbocycles. The topological polar surface area (TPSA) is 90.9 Å². The average molecular weight is 485 g/mol. The fraction of sp³-hybridized carbons (Fsp3) is 0.417. The number of rotatable bonds is 5. The van der Waals surface area contributed by atoms with Crippen LogP contribution in [-0.4, -0.2) is 66.3 Å². The largest absolute Gasteiger partial charge is 0.349 e. The third kappa shape index (κ3) is 5.59. The van der Waals surface area contributed by atoms with E-state index in [2.05, 4.69) is 44.8 Å². The van der Waals surface area contributed by atoms with Gasteiger partial charge in [0.1, 0.15) is 0 Å². The minimum Gasteiger partial charge on any atom is -0.349 e. The molecular formula is C24H28N4O3S2. The van der Waals surface area contributed by atoms with Gasteiger partial charge in [-0.2, -0.15) is 0 Å². The van der Waals surface area contributed by atoms with Crippen LogP contribution in [0.25, 0.3) is 0 Å². The minimum absolute atomic E-state index is 0.0154. The molecule has 3 aliphatic heterocycles. The third-order valence-electron chi connectivity index (χ3n) is 6.39. The highest BCUT2D eigenvalue weighted by Gasteiger charge is 2.42. The maximum atomic E-state index is 12.7. The van der Waals surface area contributed by atoms with Crippen LogP contribution < -0.4 is 10.6 Å². The predicted octanol–water partition coefficient (Wildman–Crippen LogP) is 2.76. The number of hydrogen-bond donors (Lipinski definition) is 2. The number of benzene rings is 2. The second-order valence-electron chi connectivity index (χ2n) is 8.95. The molecule has 33 heavy (non-hydrogen) atoms. The van der Waals surface area contributed by atoms with Gasteiger partial charge in [-0.05, 0) is 42.7 Å². The fourth-order valence-corrected chi connectivity index (χ4v) is 8.27. The van der Waals surface area contributed by atoms with Gasteiger partial charge in [-0.1, -0.05) is 42.1 Å². The van der Waals surface area contributed by atoms with E-state index in [9.17, 15) is 13.2 Å². The smallest absolute Gasteiger partial charge is 0.251 e. The van der Waals surface area contributed by atoms with Crippen LogP contribution in [0.3, 0.4) is 0 Å². The molecule has 0 aromatic heterocycles. The van der Waals surface area contributed by atoms with Gasteiger partial charge in [0.2, 0.25) is 0 Å². The van der Waals surface area contributed by atoms with Gasteiger partial charge in [-0.3, -0.25) is 14.7 Å². The molecule has 5 rings (SSSR count). The van der Waals surface area contributed by atoms with Gasteiger partial charge >= 0.3 is 0 Å². The number of hydrogen-bond acceptors (Lipinski definition) is 7.